The van der Waals surface area contributed by atoms with Gasteiger partial charge in [0.25, 0.3) is 0 Å². The Labute approximate surface area is 174 Å². The van der Waals surface area contributed by atoms with Gasteiger partial charge in [-0.25, -0.2) is 0 Å². The molecule has 2 aromatic carbocycles. The Morgan fingerprint density at radius 3 is 2.45 bits per heavy atom. The predicted molar refractivity (Wildman–Crippen MR) is 117 cm³/mol. The zero-order chi connectivity index (χ0) is 20.6. The number of thioether (sulfide) groups is 1. The standard InChI is InChI=1S/C24H23NO3S/c1-18-7-11-20(12-8-18)24(28)22-6-4-16-25(22)15-3-2-5-19-9-13-21(14-10-19)29-17-23(26)27/h2,4-14,16H,3,15,17H2,1H3,(H,26,27). The maximum Gasteiger partial charge on any atom is 0.313 e. The van der Waals surface area contributed by atoms with Crippen molar-refractivity contribution >= 4 is 29.6 Å². The summed E-state index contributed by atoms with van der Waals surface area (Å²) in [4.78, 5) is 24.3. The highest BCUT2D eigenvalue weighted by molar-refractivity contribution is 8.00. The van der Waals surface area contributed by atoms with Crippen molar-refractivity contribution in [1.82, 2.24) is 4.57 Å². The third-order valence-electron chi connectivity index (χ3n) is 4.47. The van der Waals surface area contributed by atoms with Crippen LogP contribution in [0.5, 0.6) is 0 Å². The zero-order valence-electron chi connectivity index (χ0n) is 16.2. The van der Waals surface area contributed by atoms with Crippen LogP contribution in [0.25, 0.3) is 6.08 Å². The smallest absolute Gasteiger partial charge is 0.313 e. The van der Waals surface area contributed by atoms with E-state index in [2.05, 4.69) is 6.08 Å². The number of hydrogen-bond acceptors (Lipinski definition) is 3. The molecule has 0 aliphatic rings. The summed E-state index contributed by atoms with van der Waals surface area (Å²) in [6.07, 6.45) is 6.86. The third-order valence-corrected chi connectivity index (χ3v) is 5.46. The fourth-order valence-corrected chi connectivity index (χ4v) is 3.54. The van der Waals surface area contributed by atoms with Gasteiger partial charge in [-0.1, -0.05) is 54.1 Å². The maximum absolute atomic E-state index is 12.7. The van der Waals surface area contributed by atoms with Gasteiger partial charge in [0.15, 0.2) is 0 Å². The van der Waals surface area contributed by atoms with Crippen molar-refractivity contribution in [3.05, 3.63) is 95.3 Å². The third kappa shape index (κ3) is 5.96. The molecular weight excluding hydrogens is 382 g/mol. The molecule has 1 heterocycles. The van der Waals surface area contributed by atoms with Crippen LogP contribution in [0.3, 0.4) is 0 Å². The van der Waals surface area contributed by atoms with Crippen molar-refractivity contribution in [2.45, 2.75) is 24.8 Å². The molecule has 0 aliphatic carbocycles. The highest BCUT2D eigenvalue weighted by atomic mass is 32.2. The zero-order valence-corrected chi connectivity index (χ0v) is 17.1. The second kappa shape index (κ2) is 9.94. The molecule has 0 saturated heterocycles. The van der Waals surface area contributed by atoms with E-state index in [1.165, 1.54) is 11.8 Å². The lowest BCUT2D eigenvalue weighted by atomic mass is 10.1. The molecule has 0 spiro atoms. The number of carbonyl (C=O) groups excluding carboxylic acids is 1. The molecule has 0 aliphatic heterocycles. The Kier molecular flexibility index (Phi) is 7.09. The predicted octanol–water partition coefficient (Wildman–Crippen LogP) is 5.31. The SMILES string of the molecule is Cc1ccc(C(=O)c2cccn2CCC=Cc2ccc(SCC(=O)O)cc2)cc1. The lowest BCUT2D eigenvalue weighted by Gasteiger charge is -2.07. The minimum absolute atomic E-state index is 0.0356. The van der Waals surface area contributed by atoms with Gasteiger partial charge < -0.3 is 9.67 Å². The van der Waals surface area contributed by atoms with E-state index in [0.29, 0.717) is 11.3 Å². The number of rotatable bonds is 9. The Morgan fingerprint density at radius 1 is 1.03 bits per heavy atom. The molecule has 0 atom stereocenters. The van der Waals surface area contributed by atoms with Crippen LogP contribution in [-0.2, 0) is 11.3 Å². The van der Waals surface area contributed by atoms with Crippen LogP contribution in [-0.4, -0.2) is 27.2 Å². The van der Waals surface area contributed by atoms with Gasteiger partial charge in [0.1, 0.15) is 0 Å². The lowest BCUT2D eigenvalue weighted by molar-refractivity contribution is -0.133. The monoisotopic (exact) mass is 405 g/mol. The molecule has 5 heteroatoms. The summed E-state index contributed by atoms with van der Waals surface area (Å²) >= 11 is 1.31. The summed E-state index contributed by atoms with van der Waals surface area (Å²) in [5.41, 5.74) is 3.60. The minimum atomic E-state index is -0.816. The molecule has 0 fully saturated rings. The number of carboxylic acid groups (broad SMARTS) is 1. The summed E-state index contributed by atoms with van der Waals surface area (Å²) in [5.74, 6) is -0.715. The number of ketones is 1. The van der Waals surface area contributed by atoms with Gasteiger partial charge in [0, 0.05) is 23.2 Å². The largest absolute Gasteiger partial charge is 0.481 e. The fraction of sp³-hybridized carbons (Fsp3) is 0.167. The average Bonchev–Trinajstić information content (AvgIpc) is 3.19. The van der Waals surface area contributed by atoms with Crippen LogP contribution in [0.1, 0.15) is 33.6 Å². The first-order chi connectivity index (χ1) is 14.0. The topological polar surface area (TPSA) is 59.3 Å². The van der Waals surface area contributed by atoms with E-state index < -0.39 is 5.97 Å². The average molecular weight is 406 g/mol. The number of carboxylic acids is 1. The summed E-state index contributed by atoms with van der Waals surface area (Å²) in [6, 6.07) is 19.2. The number of allylic oxidation sites excluding steroid dienone is 1. The van der Waals surface area contributed by atoms with Crippen molar-refractivity contribution in [1.29, 1.82) is 0 Å². The highest BCUT2D eigenvalue weighted by Gasteiger charge is 2.12. The number of nitrogens with zero attached hydrogens (tertiary/aromatic N) is 1. The molecule has 0 unspecified atom stereocenters. The van der Waals surface area contributed by atoms with Crippen LogP contribution in [0.2, 0.25) is 0 Å². The van der Waals surface area contributed by atoms with E-state index in [4.69, 9.17) is 5.11 Å². The molecule has 1 aromatic heterocycles. The Morgan fingerprint density at radius 2 is 1.76 bits per heavy atom. The molecule has 4 nitrogen and oxygen atoms in total. The fourth-order valence-electron chi connectivity index (χ4n) is 2.92. The van der Waals surface area contributed by atoms with Crippen molar-refractivity contribution < 1.29 is 14.7 Å². The lowest BCUT2D eigenvalue weighted by Crippen LogP contribution is -2.09. The van der Waals surface area contributed by atoms with Crippen molar-refractivity contribution in [3.8, 4) is 0 Å². The van der Waals surface area contributed by atoms with Crippen molar-refractivity contribution in [2.24, 2.45) is 0 Å². The van der Waals surface area contributed by atoms with E-state index in [0.717, 1.165) is 29.0 Å². The van der Waals surface area contributed by atoms with Gasteiger partial charge in [-0.05, 0) is 43.2 Å². The Balaban J connectivity index is 1.56. The van der Waals surface area contributed by atoms with E-state index in [1.54, 1.807) is 0 Å². The Hall–Kier alpha value is -3.05. The van der Waals surface area contributed by atoms with Gasteiger partial charge >= 0.3 is 5.97 Å². The van der Waals surface area contributed by atoms with Crippen LogP contribution in [0.4, 0.5) is 0 Å². The number of benzene rings is 2. The molecule has 29 heavy (non-hydrogen) atoms. The number of aryl methyl sites for hydroxylation is 2. The first-order valence-electron chi connectivity index (χ1n) is 9.40. The Bertz CT molecular complexity index is 1000. The number of aliphatic carboxylic acids is 1. The van der Waals surface area contributed by atoms with E-state index in [-0.39, 0.29) is 11.5 Å². The molecule has 0 radical (unpaired) electrons. The molecule has 0 amide bonds. The molecule has 3 rings (SSSR count). The summed E-state index contributed by atoms with van der Waals surface area (Å²) in [6.45, 7) is 2.73. The molecule has 0 bridgehead atoms. The van der Waals surface area contributed by atoms with Crippen LogP contribution in [0.15, 0.2) is 77.8 Å². The first kappa shape index (κ1) is 20.7. The second-order valence-electron chi connectivity index (χ2n) is 6.72. The molecule has 148 valence electrons. The molecule has 0 saturated carbocycles. The van der Waals surface area contributed by atoms with E-state index in [1.807, 2.05) is 84.4 Å². The van der Waals surface area contributed by atoms with Gasteiger partial charge in [0.2, 0.25) is 5.78 Å². The quantitative estimate of drug-likeness (QED) is 0.387. The van der Waals surface area contributed by atoms with Crippen LogP contribution in [0, 0.1) is 6.92 Å². The van der Waals surface area contributed by atoms with Gasteiger partial charge in [-0.2, -0.15) is 0 Å². The van der Waals surface area contributed by atoms with Gasteiger partial charge in [-0.3, -0.25) is 9.59 Å². The summed E-state index contributed by atoms with van der Waals surface area (Å²) in [5, 5.41) is 8.73. The summed E-state index contributed by atoms with van der Waals surface area (Å²) < 4.78 is 1.98. The number of carbonyl (C=O) groups is 2. The van der Waals surface area contributed by atoms with E-state index >= 15 is 0 Å². The second-order valence-corrected chi connectivity index (χ2v) is 7.77. The molecule has 3 aromatic rings. The number of aromatic nitrogens is 1. The normalized spacial score (nSPS) is 11.1. The maximum atomic E-state index is 12.7. The van der Waals surface area contributed by atoms with Gasteiger partial charge in [-0.15, -0.1) is 11.8 Å². The van der Waals surface area contributed by atoms with E-state index in [9.17, 15) is 9.59 Å². The van der Waals surface area contributed by atoms with Crippen molar-refractivity contribution in [2.75, 3.05) is 5.75 Å². The van der Waals surface area contributed by atoms with Crippen LogP contribution < -0.4 is 0 Å². The molecular formula is C24H23NO3S. The summed E-state index contributed by atoms with van der Waals surface area (Å²) in [7, 11) is 0. The van der Waals surface area contributed by atoms with Gasteiger partial charge in [0.05, 0.1) is 11.4 Å². The molecule has 1 N–H and O–H groups in total. The highest BCUT2D eigenvalue weighted by Crippen LogP contribution is 2.19. The number of hydrogen-bond donors (Lipinski definition) is 1. The van der Waals surface area contributed by atoms with Crippen LogP contribution >= 0.6 is 11.8 Å². The minimum Gasteiger partial charge on any atom is -0.481 e. The first-order valence-corrected chi connectivity index (χ1v) is 10.4. The van der Waals surface area contributed by atoms with Crippen molar-refractivity contribution in [3.63, 3.8) is 0 Å².